The monoisotopic (exact) mass is 760 g/mol. The Hall–Kier alpha value is -3.07. The molecular weight excluding hydrogens is 691 g/mol. The Balaban J connectivity index is 4.27. The van der Waals surface area contributed by atoms with E-state index < -0.39 is 45.2 Å². The molecule has 2 atom stereocenters. The van der Waals surface area contributed by atoms with E-state index in [1.54, 1.807) is 12.2 Å². The predicted octanol–water partition coefficient (Wildman–Crippen LogP) is 10.8. The Morgan fingerprint density at radius 3 is 1.74 bits per heavy atom. The zero-order valence-electron chi connectivity index (χ0n) is 32.5. The van der Waals surface area contributed by atoms with E-state index in [-0.39, 0.29) is 12.8 Å². The summed E-state index contributed by atoms with van der Waals surface area (Å²) in [7, 11) is -4.82. The first-order chi connectivity index (χ1) is 25.7. The van der Waals surface area contributed by atoms with E-state index in [0.717, 1.165) is 44.9 Å². The van der Waals surface area contributed by atoms with Gasteiger partial charge in [0.15, 0.2) is 6.10 Å². The third-order valence-electron chi connectivity index (χ3n) is 7.69. The second kappa shape index (κ2) is 37.3. The summed E-state index contributed by atoms with van der Waals surface area (Å²) >= 11 is 0. The van der Waals surface area contributed by atoms with Crippen molar-refractivity contribution in [2.75, 3.05) is 13.2 Å². The Morgan fingerprint density at radius 1 is 0.604 bits per heavy atom. The number of ether oxygens (including phenoxy) is 2. The lowest BCUT2D eigenvalue weighted by Gasteiger charge is -2.18. The first kappa shape index (κ1) is 49.9. The molecule has 0 saturated heterocycles. The van der Waals surface area contributed by atoms with Crippen molar-refractivity contribution in [2.24, 2.45) is 0 Å². The van der Waals surface area contributed by atoms with Crippen LogP contribution in [0.2, 0.25) is 0 Å². The molecule has 0 amide bonds. The fraction of sp³-hybridized carbons (Fsp3) is 0.581. The quantitative estimate of drug-likeness (QED) is 0.0192. The maximum absolute atomic E-state index is 12.4. The number of hydrogen-bond acceptors (Lipinski definition) is 7. The second-order valence-electron chi connectivity index (χ2n) is 12.7. The summed E-state index contributed by atoms with van der Waals surface area (Å²) in [5.74, 6) is -1.16. The van der Waals surface area contributed by atoms with Crippen molar-refractivity contribution < 1.29 is 43.0 Å². The normalized spacial score (nSPS) is 14.1. The number of hydrogen-bond donors (Lipinski definition) is 3. The van der Waals surface area contributed by atoms with Gasteiger partial charge >= 0.3 is 19.8 Å². The average Bonchev–Trinajstić information content (AvgIpc) is 3.12. The van der Waals surface area contributed by atoms with Gasteiger partial charge in [0.25, 0.3) is 0 Å². The summed E-state index contributed by atoms with van der Waals surface area (Å²) in [6.07, 6.45) is 47.4. The summed E-state index contributed by atoms with van der Waals surface area (Å²) in [4.78, 5) is 42.8. The maximum atomic E-state index is 12.4. The first-order valence-corrected chi connectivity index (χ1v) is 21.2. The Morgan fingerprint density at radius 2 is 1.13 bits per heavy atom. The molecule has 0 aromatic heterocycles. The van der Waals surface area contributed by atoms with Crippen LogP contribution in [-0.4, -0.2) is 52.3 Å². The van der Waals surface area contributed by atoms with Gasteiger partial charge in [-0.1, -0.05) is 143 Å². The molecule has 1 unspecified atom stereocenters. The minimum Gasteiger partial charge on any atom is -0.462 e. The van der Waals surface area contributed by atoms with Crippen LogP contribution in [0.3, 0.4) is 0 Å². The average molecular weight is 761 g/mol. The molecule has 0 aliphatic rings. The number of carbonyl (C=O) groups excluding carboxylic acids is 2. The molecule has 0 bridgehead atoms. The maximum Gasteiger partial charge on any atom is 0.469 e. The second-order valence-corrected chi connectivity index (χ2v) is 14.0. The minimum atomic E-state index is -4.82. The molecular formula is C43H69O9P. The number of rotatable bonds is 34. The molecule has 0 radical (unpaired) electrons. The summed E-state index contributed by atoms with van der Waals surface area (Å²) in [5, 5.41) is 10.2. The van der Waals surface area contributed by atoms with Gasteiger partial charge in [0.2, 0.25) is 0 Å². The molecule has 10 heteroatoms. The number of aliphatic hydroxyl groups excluding tert-OH is 1. The van der Waals surface area contributed by atoms with Gasteiger partial charge in [-0.25, -0.2) is 4.57 Å². The van der Waals surface area contributed by atoms with Gasteiger partial charge in [-0.2, -0.15) is 0 Å². The lowest BCUT2D eigenvalue weighted by molar-refractivity contribution is -0.161. The summed E-state index contributed by atoms with van der Waals surface area (Å²) in [5.41, 5.74) is 0. The van der Waals surface area contributed by atoms with Gasteiger partial charge in [-0.05, 0) is 77.0 Å². The van der Waals surface area contributed by atoms with Crippen LogP contribution in [-0.2, 0) is 28.2 Å². The molecule has 0 fully saturated rings. The minimum absolute atomic E-state index is 0.0252. The highest BCUT2D eigenvalue weighted by Gasteiger charge is 2.22. The molecule has 0 rings (SSSR count). The number of allylic oxidation sites excluding steroid dienone is 15. The Labute approximate surface area is 320 Å². The number of aliphatic hydroxyl groups is 1. The third kappa shape index (κ3) is 40.0. The lowest BCUT2D eigenvalue weighted by atomic mass is 10.1. The molecule has 0 saturated carbocycles. The van der Waals surface area contributed by atoms with E-state index in [4.69, 9.17) is 19.3 Å². The number of phosphoric ester groups is 1. The van der Waals surface area contributed by atoms with Gasteiger partial charge in [-0.15, -0.1) is 0 Å². The fourth-order valence-corrected chi connectivity index (χ4v) is 5.13. The summed E-state index contributed by atoms with van der Waals surface area (Å²) in [6.45, 7) is 3.33. The van der Waals surface area contributed by atoms with Gasteiger partial charge in [0.1, 0.15) is 6.61 Å². The van der Waals surface area contributed by atoms with E-state index in [1.807, 2.05) is 24.3 Å². The number of unbranched alkanes of at least 4 members (excludes halogenated alkanes) is 7. The summed E-state index contributed by atoms with van der Waals surface area (Å²) < 4.78 is 26.2. The predicted molar refractivity (Wildman–Crippen MR) is 217 cm³/mol. The zero-order valence-corrected chi connectivity index (χ0v) is 33.4. The number of carbonyl (C=O) groups is 2. The molecule has 0 aliphatic heterocycles. The first-order valence-electron chi connectivity index (χ1n) is 19.6. The molecule has 53 heavy (non-hydrogen) atoms. The van der Waals surface area contributed by atoms with Crippen LogP contribution in [0.1, 0.15) is 136 Å². The standard InChI is InChI=1S/C43H69O9P/c1-3-5-7-9-11-13-15-17-18-19-20-22-24-26-28-30-32-36-43(46)52-41(39-51-53(47,48)49)38-50-42(45)37-33-35-40(44)34-31-29-27-25-23-21-16-14-12-10-8-6-4-2/h5,7,11,13,17-18,20-23,26-29,31,34,40-41,44H,3-4,6,8-10,12,14-16,19,24-25,30,32-33,35-39H2,1-2H3,(H2,47,48,49)/b7-5-,13-11-,18-17-,22-20-,23-21+,28-26-,29-27+,34-31+/t40?,41-/m1/s1. The molecule has 0 aromatic carbocycles. The molecule has 0 heterocycles. The van der Waals surface area contributed by atoms with Crippen molar-refractivity contribution in [1.82, 2.24) is 0 Å². The third-order valence-corrected chi connectivity index (χ3v) is 8.18. The van der Waals surface area contributed by atoms with Crippen LogP contribution >= 0.6 is 7.82 Å². The van der Waals surface area contributed by atoms with Crippen LogP contribution in [0.4, 0.5) is 0 Å². The van der Waals surface area contributed by atoms with E-state index in [9.17, 15) is 19.3 Å². The van der Waals surface area contributed by atoms with Crippen molar-refractivity contribution in [2.45, 2.75) is 148 Å². The Bertz CT molecular complexity index is 1190. The van der Waals surface area contributed by atoms with E-state index >= 15 is 0 Å². The highest BCUT2D eigenvalue weighted by atomic mass is 31.2. The molecule has 9 nitrogen and oxygen atoms in total. The fourth-order valence-electron chi connectivity index (χ4n) is 4.77. The number of esters is 2. The van der Waals surface area contributed by atoms with Crippen molar-refractivity contribution >= 4 is 19.8 Å². The van der Waals surface area contributed by atoms with Crippen LogP contribution in [0.25, 0.3) is 0 Å². The SMILES string of the molecule is CC/C=C\C/C=C\C/C=C\C/C=C\C/C=C\CCCC(=O)O[C@H](COC(=O)CCCC(O)/C=C/C=C/C/C=C/CCCCCCCC)COP(=O)(O)O. The van der Waals surface area contributed by atoms with Crippen LogP contribution in [0, 0.1) is 0 Å². The highest BCUT2D eigenvalue weighted by molar-refractivity contribution is 7.46. The van der Waals surface area contributed by atoms with Gasteiger partial charge < -0.3 is 24.4 Å². The van der Waals surface area contributed by atoms with E-state index in [0.29, 0.717) is 25.7 Å². The van der Waals surface area contributed by atoms with Crippen LogP contribution < -0.4 is 0 Å². The van der Waals surface area contributed by atoms with Crippen molar-refractivity contribution in [3.63, 3.8) is 0 Å². The molecule has 0 aliphatic carbocycles. The van der Waals surface area contributed by atoms with Crippen LogP contribution in [0.15, 0.2) is 97.2 Å². The largest absolute Gasteiger partial charge is 0.469 e. The lowest BCUT2D eigenvalue weighted by Crippen LogP contribution is -2.29. The molecule has 3 N–H and O–H groups in total. The van der Waals surface area contributed by atoms with Crippen molar-refractivity contribution in [3.05, 3.63) is 97.2 Å². The van der Waals surface area contributed by atoms with Gasteiger partial charge in [0, 0.05) is 12.8 Å². The van der Waals surface area contributed by atoms with E-state index in [1.165, 1.54) is 38.5 Å². The molecule has 300 valence electrons. The van der Waals surface area contributed by atoms with Crippen molar-refractivity contribution in [1.29, 1.82) is 0 Å². The van der Waals surface area contributed by atoms with E-state index in [2.05, 4.69) is 79.1 Å². The Kier molecular flexibility index (Phi) is 35.1. The number of phosphoric acid groups is 1. The van der Waals surface area contributed by atoms with Gasteiger partial charge in [-0.3, -0.25) is 14.1 Å². The molecule has 0 aromatic rings. The van der Waals surface area contributed by atoms with Crippen molar-refractivity contribution in [3.8, 4) is 0 Å². The highest BCUT2D eigenvalue weighted by Crippen LogP contribution is 2.35. The zero-order chi connectivity index (χ0) is 39.1. The van der Waals surface area contributed by atoms with Gasteiger partial charge in [0.05, 0.1) is 12.7 Å². The topological polar surface area (TPSA) is 140 Å². The summed E-state index contributed by atoms with van der Waals surface area (Å²) in [6, 6.07) is 0. The van der Waals surface area contributed by atoms with Crippen LogP contribution in [0.5, 0.6) is 0 Å². The smallest absolute Gasteiger partial charge is 0.462 e. The molecule has 0 spiro atoms.